The maximum Gasteiger partial charge on any atom is 0.365 e. The molecular weight excluding hydrogens is 574 g/mol. The summed E-state index contributed by atoms with van der Waals surface area (Å²) >= 11 is 2.53. The fourth-order valence-electron chi connectivity index (χ4n) is 4.09. The van der Waals surface area contributed by atoms with Gasteiger partial charge in [0.15, 0.2) is 5.71 Å². The number of thioether (sulfide) groups is 2. The number of rotatable bonds is 9. The summed E-state index contributed by atoms with van der Waals surface area (Å²) in [4.78, 5) is 57.2. The van der Waals surface area contributed by atoms with Gasteiger partial charge in [0.1, 0.15) is 22.9 Å². The van der Waals surface area contributed by atoms with Crippen LogP contribution in [0.5, 0.6) is 5.75 Å². The number of phenolic OH excluding ortho intramolecular Hbond substituents is 1. The van der Waals surface area contributed by atoms with Crippen molar-refractivity contribution >= 4 is 53.0 Å². The van der Waals surface area contributed by atoms with E-state index >= 15 is 0 Å². The number of hydrogen-bond acceptors (Lipinski definition) is 12. The van der Waals surface area contributed by atoms with E-state index in [0.29, 0.717) is 16.5 Å². The quantitative estimate of drug-likeness (QED) is 0.105. The molecule has 2 aromatic carbocycles. The van der Waals surface area contributed by atoms with Crippen molar-refractivity contribution in [2.75, 3.05) is 11.5 Å². The number of phenols is 1. The van der Waals surface area contributed by atoms with Crippen LogP contribution in [0.1, 0.15) is 15.9 Å². The molecule has 1 unspecified atom stereocenters. The van der Waals surface area contributed by atoms with Crippen LogP contribution in [0, 0.1) is 0 Å². The molecule has 1 fully saturated rings. The zero-order chi connectivity index (χ0) is 29.1. The summed E-state index contributed by atoms with van der Waals surface area (Å²) in [5, 5.41) is 37.1. The number of benzene rings is 2. The summed E-state index contributed by atoms with van der Waals surface area (Å²) in [6.07, 6.45) is 0. The number of nitrogens with one attached hydrogen (secondary N) is 1. The van der Waals surface area contributed by atoms with Gasteiger partial charge < -0.3 is 20.4 Å². The van der Waals surface area contributed by atoms with Gasteiger partial charge in [-0.15, -0.1) is 16.9 Å². The number of carboxylic acid groups (broad SMARTS) is 1. The molecule has 0 spiro atoms. The van der Waals surface area contributed by atoms with E-state index in [9.17, 15) is 29.4 Å². The molecule has 3 N–H and O–H groups in total. The standard InChI is InChI=1S/C25H21N7O7S2/c1-31-25(27-29-30-31)41-12-15-11-40-22-18(21(35)32(22)19(15)23(36)37)26-20(34)17(14-8-5-9-16(33)10-14)28-39-24(38)13-6-3-2-4-7-13/h2-10,18,22,33H,11-12H2,1H3,(H,26,34)(H,36,37)/t18?,22-/m0/s1. The molecule has 3 aromatic rings. The zero-order valence-electron chi connectivity index (χ0n) is 21.2. The van der Waals surface area contributed by atoms with Crippen LogP contribution in [0.15, 0.2) is 76.2 Å². The van der Waals surface area contributed by atoms with Crippen LogP contribution in [0.4, 0.5) is 0 Å². The van der Waals surface area contributed by atoms with Gasteiger partial charge in [0.05, 0.1) is 5.56 Å². The fraction of sp³-hybridized carbons (Fsp3) is 0.200. The number of aromatic nitrogens is 4. The Morgan fingerprint density at radius 3 is 2.61 bits per heavy atom. The molecule has 0 bridgehead atoms. The molecule has 2 atom stereocenters. The number of carbonyl (C=O) groups is 4. The van der Waals surface area contributed by atoms with Gasteiger partial charge in [-0.25, -0.2) is 14.3 Å². The van der Waals surface area contributed by atoms with Crippen molar-refractivity contribution in [3.05, 3.63) is 77.0 Å². The topological polar surface area (TPSA) is 189 Å². The summed E-state index contributed by atoms with van der Waals surface area (Å²) in [6.45, 7) is 0. The van der Waals surface area contributed by atoms with Gasteiger partial charge in [-0.1, -0.05) is 47.2 Å². The van der Waals surface area contributed by atoms with Gasteiger partial charge in [0, 0.05) is 24.1 Å². The van der Waals surface area contributed by atoms with Gasteiger partial charge in [0.25, 0.3) is 11.8 Å². The van der Waals surface area contributed by atoms with Crippen molar-refractivity contribution in [3.63, 3.8) is 0 Å². The Balaban J connectivity index is 1.34. The van der Waals surface area contributed by atoms with Crippen LogP contribution in [0.2, 0.25) is 0 Å². The summed E-state index contributed by atoms with van der Waals surface area (Å²) < 4.78 is 1.45. The number of hydrogen-bond donors (Lipinski definition) is 3. The van der Waals surface area contributed by atoms with E-state index in [1.165, 1.54) is 64.6 Å². The second-order valence-corrected chi connectivity index (χ2v) is 10.8. The van der Waals surface area contributed by atoms with Gasteiger partial charge >= 0.3 is 11.9 Å². The minimum atomic E-state index is -1.27. The van der Waals surface area contributed by atoms with Crippen molar-refractivity contribution in [1.82, 2.24) is 30.4 Å². The minimum absolute atomic E-state index is 0.131. The second-order valence-electron chi connectivity index (χ2n) is 8.73. The number of amides is 2. The van der Waals surface area contributed by atoms with Crippen LogP contribution in [0.3, 0.4) is 0 Å². The first-order valence-corrected chi connectivity index (χ1v) is 14.0. The molecule has 5 rings (SSSR count). The normalized spacial score (nSPS) is 18.4. The predicted molar refractivity (Wildman–Crippen MR) is 146 cm³/mol. The maximum atomic E-state index is 13.3. The monoisotopic (exact) mass is 595 g/mol. The number of aromatic hydroxyl groups is 1. The van der Waals surface area contributed by atoms with Crippen LogP contribution in [0.25, 0.3) is 0 Å². The molecule has 2 aliphatic rings. The Morgan fingerprint density at radius 1 is 1.17 bits per heavy atom. The van der Waals surface area contributed by atoms with E-state index < -0.39 is 35.2 Å². The van der Waals surface area contributed by atoms with Crippen LogP contribution >= 0.6 is 23.5 Å². The molecule has 1 saturated heterocycles. The number of carboxylic acids is 1. The Kier molecular flexibility index (Phi) is 8.02. The maximum absolute atomic E-state index is 13.3. The molecule has 0 saturated carbocycles. The van der Waals surface area contributed by atoms with E-state index in [2.05, 4.69) is 26.0 Å². The Hall–Kier alpha value is -4.70. The highest BCUT2D eigenvalue weighted by Crippen LogP contribution is 2.41. The van der Waals surface area contributed by atoms with Gasteiger partial charge in [0.2, 0.25) is 5.16 Å². The SMILES string of the molecule is Cn1nnnc1SCC1=C(C(=O)O)N2C(=O)C(NC(=O)C(=NOC(=O)c3ccccc3)c3cccc(O)c3)[C@@H]2SC1. The number of aryl methyl sites for hydroxylation is 1. The fourth-order valence-corrected chi connectivity index (χ4v) is 6.43. The average Bonchev–Trinajstić information content (AvgIpc) is 3.38. The largest absolute Gasteiger partial charge is 0.508 e. The van der Waals surface area contributed by atoms with Crippen LogP contribution in [-0.2, 0) is 26.3 Å². The van der Waals surface area contributed by atoms with E-state index in [1.807, 2.05) is 0 Å². The lowest BCUT2D eigenvalue weighted by atomic mass is 10.0. The number of β-lactam (4-membered cyclic amide) rings is 1. The van der Waals surface area contributed by atoms with Gasteiger partial charge in [-0.3, -0.25) is 14.5 Å². The Bertz CT molecular complexity index is 1590. The summed E-state index contributed by atoms with van der Waals surface area (Å²) in [5.74, 6) is -3.18. The molecular formula is C25H21N7O7S2. The van der Waals surface area contributed by atoms with Crippen molar-refractivity contribution in [1.29, 1.82) is 0 Å². The van der Waals surface area contributed by atoms with E-state index in [-0.39, 0.29) is 34.0 Å². The van der Waals surface area contributed by atoms with Crippen LogP contribution < -0.4 is 5.32 Å². The highest BCUT2D eigenvalue weighted by atomic mass is 32.2. The number of tetrazole rings is 1. The minimum Gasteiger partial charge on any atom is -0.508 e. The number of fused-ring (bicyclic) bond motifs is 1. The lowest BCUT2D eigenvalue weighted by Gasteiger charge is -2.49. The highest BCUT2D eigenvalue weighted by molar-refractivity contribution is 8.01. The Morgan fingerprint density at radius 2 is 1.93 bits per heavy atom. The zero-order valence-corrected chi connectivity index (χ0v) is 22.8. The third-order valence-corrected chi connectivity index (χ3v) is 8.49. The number of aliphatic carboxylic acids is 1. The number of nitrogens with zero attached hydrogens (tertiary/aromatic N) is 6. The van der Waals surface area contributed by atoms with Crippen LogP contribution in [-0.4, -0.2) is 87.7 Å². The molecule has 3 heterocycles. The lowest BCUT2D eigenvalue weighted by Crippen LogP contribution is -2.71. The van der Waals surface area contributed by atoms with E-state index in [0.717, 1.165) is 4.90 Å². The molecule has 2 aliphatic heterocycles. The first-order chi connectivity index (χ1) is 19.7. The van der Waals surface area contributed by atoms with E-state index in [1.54, 1.807) is 25.2 Å². The molecule has 0 aliphatic carbocycles. The first-order valence-electron chi connectivity index (χ1n) is 11.9. The molecule has 210 valence electrons. The second kappa shape index (κ2) is 11.8. The molecule has 2 amide bonds. The van der Waals surface area contributed by atoms with E-state index in [4.69, 9.17) is 4.84 Å². The predicted octanol–water partition coefficient (Wildman–Crippen LogP) is 1.01. The molecule has 14 nitrogen and oxygen atoms in total. The number of oxime groups is 1. The molecule has 41 heavy (non-hydrogen) atoms. The summed E-state index contributed by atoms with van der Waals surface area (Å²) in [6, 6.07) is 12.5. The smallest absolute Gasteiger partial charge is 0.365 e. The lowest BCUT2D eigenvalue weighted by molar-refractivity contribution is -0.150. The molecule has 0 radical (unpaired) electrons. The number of carbonyl (C=O) groups excluding carboxylic acids is 3. The Labute approximate surface area is 240 Å². The summed E-state index contributed by atoms with van der Waals surface area (Å²) in [5.41, 5.74) is 0.338. The van der Waals surface area contributed by atoms with Crippen molar-refractivity contribution in [2.45, 2.75) is 16.6 Å². The summed E-state index contributed by atoms with van der Waals surface area (Å²) in [7, 11) is 1.66. The first kappa shape index (κ1) is 27.9. The molecule has 16 heteroatoms. The van der Waals surface area contributed by atoms with Crippen molar-refractivity contribution in [2.24, 2.45) is 12.2 Å². The molecule has 1 aromatic heterocycles. The van der Waals surface area contributed by atoms with Gasteiger partial charge in [-0.2, -0.15) is 0 Å². The third-order valence-electron chi connectivity index (χ3n) is 6.06. The highest BCUT2D eigenvalue weighted by Gasteiger charge is 2.54. The third kappa shape index (κ3) is 5.78. The average molecular weight is 596 g/mol. The van der Waals surface area contributed by atoms with Gasteiger partial charge in [-0.05, 0) is 40.3 Å². The van der Waals surface area contributed by atoms with Crippen molar-refractivity contribution < 1.29 is 34.2 Å². The van der Waals surface area contributed by atoms with Crippen molar-refractivity contribution in [3.8, 4) is 5.75 Å².